The SMILES string of the molecule is CCCN1CCCC(O)(Cc2ccc(C)cc2Cl)CC1. The van der Waals surface area contributed by atoms with Crippen molar-refractivity contribution in [1.29, 1.82) is 0 Å². The summed E-state index contributed by atoms with van der Waals surface area (Å²) in [5.41, 5.74) is 1.64. The zero-order valence-electron chi connectivity index (χ0n) is 12.7. The Morgan fingerprint density at radius 1 is 1.30 bits per heavy atom. The highest BCUT2D eigenvalue weighted by atomic mass is 35.5. The first-order chi connectivity index (χ1) is 9.52. The van der Waals surface area contributed by atoms with Crippen molar-refractivity contribution in [2.24, 2.45) is 0 Å². The zero-order valence-corrected chi connectivity index (χ0v) is 13.4. The summed E-state index contributed by atoms with van der Waals surface area (Å²) in [6, 6.07) is 6.12. The lowest BCUT2D eigenvalue weighted by Gasteiger charge is -2.27. The largest absolute Gasteiger partial charge is 0.389 e. The van der Waals surface area contributed by atoms with E-state index < -0.39 is 5.60 Å². The predicted octanol–water partition coefficient (Wildman–Crippen LogP) is 3.82. The van der Waals surface area contributed by atoms with Crippen LogP contribution in [0.15, 0.2) is 18.2 Å². The Morgan fingerprint density at radius 2 is 2.10 bits per heavy atom. The molecule has 0 amide bonds. The fourth-order valence-corrected chi connectivity index (χ4v) is 3.40. The Bertz CT molecular complexity index is 449. The van der Waals surface area contributed by atoms with Crippen molar-refractivity contribution in [3.05, 3.63) is 34.3 Å². The maximum absolute atomic E-state index is 10.9. The standard InChI is InChI=1S/C17H26ClNO/c1-3-9-19-10-4-7-17(20,8-11-19)13-15-6-5-14(2)12-16(15)18/h5-6,12,20H,3-4,7-11,13H2,1-2H3. The predicted molar refractivity (Wildman–Crippen MR) is 85.4 cm³/mol. The van der Waals surface area contributed by atoms with Crippen LogP contribution in [0.4, 0.5) is 0 Å². The molecule has 1 unspecified atom stereocenters. The minimum Gasteiger partial charge on any atom is -0.389 e. The summed E-state index contributed by atoms with van der Waals surface area (Å²) in [6.45, 7) is 7.49. The number of likely N-dealkylation sites (tertiary alicyclic amines) is 1. The van der Waals surface area contributed by atoms with E-state index in [1.54, 1.807) is 0 Å². The van der Waals surface area contributed by atoms with Gasteiger partial charge in [0.1, 0.15) is 0 Å². The van der Waals surface area contributed by atoms with Crippen LogP contribution in [0.2, 0.25) is 5.02 Å². The molecule has 2 rings (SSSR count). The second kappa shape index (κ2) is 6.93. The van der Waals surface area contributed by atoms with Gasteiger partial charge in [-0.25, -0.2) is 0 Å². The van der Waals surface area contributed by atoms with Crippen LogP contribution in [0.25, 0.3) is 0 Å². The van der Waals surface area contributed by atoms with E-state index in [0.717, 1.165) is 49.5 Å². The first-order valence-electron chi connectivity index (χ1n) is 7.72. The number of halogens is 1. The third-order valence-corrected chi connectivity index (χ3v) is 4.63. The van der Waals surface area contributed by atoms with Crippen molar-refractivity contribution in [2.45, 2.75) is 51.6 Å². The molecule has 1 fully saturated rings. The van der Waals surface area contributed by atoms with Crippen LogP contribution >= 0.6 is 11.6 Å². The van der Waals surface area contributed by atoms with Crippen LogP contribution in [0.1, 0.15) is 43.7 Å². The average Bonchev–Trinajstić information content (AvgIpc) is 2.57. The molecule has 1 aromatic carbocycles. The number of rotatable bonds is 4. The molecule has 0 aliphatic carbocycles. The highest BCUT2D eigenvalue weighted by Gasteiger charge is 2.30. The number of benzene rings is 1. The lowest BCUT2D eigenvalue weighted by molar-refractivity contribution is 0.0257. The van der Waals surface area contributed by atoms with Gasteiger partial charge in [-0.15, -0.1) is 0 Å². The van der Waals surface area contributed by atoms with E-state index >= 15 is 0 Å². The number of nitrogens with zero attached hydrogens (tertiary/aromatic N) is 1. The molecule has 0 spiro atoms. The van der Waals surface area contributed by atoms with Gasteiger partial charge in [-0.05, 0) is 62.9 Å². The fourth-order valence-electron chi connectivity index (χ4n) is 3.10. The van der Waals surface area contributed by atoms with E-state index in [9.17, 15) is 5.11 Å². The van der Waals surface area contributed by atoms with Crippen LogP contribution in [0.5, 0.6) is 0 Å². The monoisotopic (exact) mass is 295 g/mol. The van der Waals surface area contributed by atoms with Crippen molar-refractivity contribution in [3.63, 3.8) is 0 Å². The van der Waals surface area contributed by atoms with Crippen LogP contribution < -0.4 is 0 Å². The van der Waals surface area contributed by atoms with Gasteiger partial charge in [0.25, 0.3) is 0 Å². The van der Waals surface area contributed by atoms with E-state index in [0.29, 0.717) is 6.42 Å². The molecule has 1 heterocycles. The second-order valence-electron chi connectivity index (χ2n) is 6.19. The van der Waals surface area contributed by atoms with E-state index in [-0.39, 0.29) is 0 Å². The highest BCUT2D eigenvalue weighted by Crippen LogP contribution is 2.29. The Hall–Kier alpha value is -0.570. The van der Waals surface area contributed by atoms with Gasteiger partial charge in [0, 0.05) is 18.0 Å². The summed E-state index contributed by atoms with van der Waals surface area (Å²) in [5.74, 6) is 0. The summed E-state index contributed by atoms with van der Waals surface area (Å²) in [6.07, 6.45) is 4.64. The van der Waals surface area contributed by atoms with Crippen molar-refractivity contribution >= 4 is 11.6 Å². The normalized spacial score (nSPS) is 24.6. The fraction of sp³-hybridized carbons (Fsp3) is 0.647. The lowest BCUT2D eigenvalue weighted by Crippen LogP contribution is -2.33. The Kier molecular flexibility index (Phi) is 5.48. The van der Waals surface area contributed by atoms with Crippen molar-refractivity contribution < 1.29 is 5.11 Å². The van der Waals surface area contributed by atoms with Gasteiger partial charge in [0.05, 0.1) is 5.60 Å². The highest BCUT2D eigenvalue weighted by molar-refractivity contribution is 6.31. The number of aryl methyl sites for hydroxylation is 1. The van der Waals surface area contributed by atoms with E-state index in [1.807, 2.05) is 13.0 Å². The van der Waals surface area contributed by atoms with Gasteiger partial charge in [-0.1, -0.05) is 30.7 Å². The number of aliphatic hydroxyl groups is 1. The number of hydrogen-bond donors (Lipinski definition) is 1. The molecule has 1 aromatic rings. The van der Waals surface area contributed by atoms with Crippen LogP contribution in [-0.4, -0.2) is 35.2 Å². The maximum Gasteiger partial charge on any atom is 0.0701 e. The first kappa shape index (κ1) is 15.8. The lowest BCUT2D eigenvalue weighted by atomic mass is 9.87. The van der Waals surface area contributed by atoms with Crippen molar-refractivity contribution in [3.8, 4) is 0 Å². The van der Waals surface area contributed by atoms with Gasteiger partial charge in [0.15, 0.2) is 0 Å². The molecule has 1 aliphatic rings. The minimum absolute atomic E-state index is 0.596. The van der Waals surface area contributed by atoms with Crippen molar-refractivity contribution in [1.82, 2.24) is 4.90 Å². The molecule has 0 aromatic heterocycles. The molecule has 0 radical (unpaired) electrons. The number of hydrogen-bond acceptors (Lipinski definition) is 2. The molecule has 1 aliphatic heterocycles. The minimum atomic E-state index is -0.596. The summed E-state index contributed by atoms with van der Waals surface area (Å²) in [5, 5.41) is 11.7. The Morgan fingerprint density at radius 3 is 2.80 bits per heavy atom. The van der Waals surface area contributed by atoms with Crippen LogP contribution in [0.3, 0.4) is 0 Å². The van der Waals surface area contributed by atoms with Gasteiger partial charge in [-0.3, -0.25) is 0 Å². The molecule has 3 heteroatoms. The topological polar surface area (TPSA) is 23.5 Å². The summed E-state index contributed by atoms with van der Waals surface area (Å²) >= 11 is 6.31. The molecule has 112 valence electrons. The van der Waals surface area contributed by atoms with Crippen LogP contribution in [-0.2, 0) is 6.42 Å². The third-order valence-electron chi connectivity index (χ3n) is 4.28. The zero-order chi connectivity index (χ0) is 14.6. The molecule has 1 saturated heterocycles. The Labute approximate surface area is 127 Å². The third kappa shape index (κ3) is 4.21. The average molecular weight is 296 g/mol. The molecular weight excluding hydrogens is 270 g/mol. The smallest absolute Gasteiger partial charge is 0.0701 e. The molecule has 1 N–H and O–H groups in total. The van der Waals surface area contributed by atoms with Gasteiger partial charge < -0.3 is 10.0 Å². The maximum atomic E-state index is 10.9. The van der Waals surface area contributed by atoms with Gasteiger partial charge in [0.2, 0.25) is 0 Å². The quantitative estimate of drug-likeness (QED) is 0.913. The molecule has 0 saturated carbocycles. The summed E-state index contributed by atoms with van der Waals surface area (Å²) < 4.78 is 0. The first-order valence-corrected chi connectivity index (χ1v) is 8.10. The summed E-state index contributed by atoms with van der Waals surface area (Å²) in [7, 11) is 0. The second-order valence-corrected chi connectivity index (χ2v) is 6.60. The van der Waals surface area contributed by atoms with Gasteiger partial charge >= 0.3 is 0 Å². The van der Waals surface area contributed by atoms with E-state index in [2.05, 4.69) is 24.0 Å². The summed E-state index contributed by atoms with van der Waals surface area (Å²) in [4.78, 5) is 2.47. The molecule has 0 bridgehead atoms. The molecule has 2 nitrogen and oxygen atoms in total. The van der Waals surface area contributed by atoms with E-state index in [4.69, 9.17) is 11.6 Å². The van der Waals surface area contributed by atoms with Crippen molar-refractivity contribution in [2.75, 3.05) is 19.6 Å². The Balaban J connectivity index is 2.03. The van der Waals surface area contributed by atoms with E-state index in [1.165, 1.54) is 12.0 Å². The molecule has 1 atom stereocenters. The van der Waals surface area contributed by atoms with Crippen LogP contribution in [0, 0.1) is 6.92 Å². The van der Waals surface area contributed by atoms with Gasteiger partial charge in [-0.2, -0.15) is 0 Å². The molecule has 20 heavy (non-hydrogen) atoms. The molecular formula is C17H26ClNO.